The number of nitrogens with zero attached hydrogens (tertiary/aromatic N) is 6. The predicted molar refractivity (Wildman–Crippen MR) is 266 cm³/mol. The summed E-state index contributed by atoms with van der Waals surface area (Å²) in [7, 11) is 3.58. The van der Waals surface area contributed by atoms with E-state index in [0.29, 0.717) is 36.1 Å². The van der Waals surface area contributed by atoms with Crippen LogP contribution < -0.4 is 20.6 Å². The molecule has 0 aliphatic heterocycles. The van der Waals surface area contributed by atoms with Gasteiger partial charge in [-0.2, -0.15) is 0 Å². The Balaban J connectivity index is 0.000000165. The monoisotopic (exact) mass is 880 g/mol. The Morgan fingerprint density at radius 1 is 0.576 bits per heavy atom. The molecule has 2 aliphatic rings. The van der Waals surface area contributed by atoms with Gasteiger partial charge in [-0.25, -0.2) is 9.97 Å². The topological polar surface area (TPSA) is 130 Å². The molecule has 2 N–H and O–H groups in total. The molecular formula is C54H56N8O4. The first-order chi connectivity index (χ1) is 32.3. The fourth-order valence-corrected chi connectivity index (χ4v) is 9.34. The average molecular weight is 881 g/mol. The van der Waals surface area contributed by atoms with Crippen molar-refractivity contribution in [2.45, 2.75) is 51.6 Å². The van der Waals surface area contributed by atoms with Gasteiger partial charge >= 0.3 is 0 Å². The Kier molecular flexibility index (Phi) is 10.9. The molecule has 0 saturated heterocycles. The van der Waals surface area contributed by atoms with Crippen LogP contribution in [0.15, 0.2) is 144 Å². The molecule has 12 heteroatoms. The standard InChI is InChI=1S/2C27H26N4O2.2H2/c1-30-15-22(20-10-11-28-26(20)27(30)32)21-12-24-23(13-25(21)33-16-19-8-5-9-19)29-17-31(24)14-18-6-3-2-4-7-18;1-30-15-22(20-10-11-28-26(20)27(30)32)21-12-23-24(13-25(21)33-16-19-8-5-9-19)31(17-29-23)14-18-6-3-2-4-7-18;;/h2*2-4,6-7,10-13,15,17,19,28H,5,8-9,14,16H2,1H3;2*1H. The summed E-state index contributed by atoms with van der Waals surface area (Å²) in [5, 5.41) is 1.80. The van der Waals surface area contributed by atoms with E-state index in [1.807, 2.05) is 61.7 Å². The molecule has 6 aromatic heterocycles. The van der Waals surface area contributed by atoms with E-state index in [-0.39, 0.29) is 14.0 Å². The van der Waals surface area contributed by atoms with Gasteiger partial charge < -0.3 is 37.7 Å². The number of ether oxygens (including phenoxy) is 2. The summed E-state index contributed by atoms with van der Waals surface area (Å²) in [6.45, 7) is 2.92. The second-order valence-electron chi connectivity index (χ2n) is 18.1. The summed E-state index contributed by atoms with van der Waals surface area (Å²) in [5.41, 5.74) is 11.4. The summed E-state index contributed by atoms with van der Waals surface area (Å²) in [5.74, 6) is 2.90. The van der Waals surface area contributed by atoms with Crippen molar-refractivity contribution in [3.05, 3.63) is 166 Å². The molecule has 12 nitrogen and oxygen atoms in total. The van der Waals surface area contributed by atoms with Crippen molar-refractivity contribution in [3.63, 3.8) is 0 Å². The van der Waals surface area contributed by atoms with Gasteiger partial charge in [0.15, 0.2) is 0 Å². The van der Waals surface area contributed by atoms with Crippen molar-refractivity contribution in [1.82, 2.24) is 38.2 Å². The van der Waals surface area contributed by atoms with Gasteiger partial charge in [-0.15, -0.1) is 0 Å². The van der Waals surface area contributed by atoms with Crippen molar-refractivity contribution >= 4 is 43.9 Å². The Morgan fingerprint density at radius 3 is 1.52 bits per heavy atom. The van der Waals surface area contributed by atoms with Gasteiger partial charge in [0, 0.05) is 100.0 Å². The smallest absolute Gasteiger partial charge is 0.274 e. The molecule has 10 aromatic rings. The van der Waals surface area contributed by atoms with Crippen LogP contribution >= 0.6 is 0 Å². The Hall–Kier alpha value is -7.60. The van der Waals surface area contributed by atoms with Crippen LogP contribution in [0.2, 0.25) is 0 Å². The third kappa shape index (κ3) is 7.86. The first kappa shape index (κ1) is 41.1. The zero-order valence-corrected chi connectivity index (χ0v) is 37.2. The van der Waals surface area contributed by atoms with Crippen LogP contribution in [0.25, 0.3) is 66.1 Å². The first-order valence-corrected chi connectivity index (χ1v) is 23.0. The lowest BCUT2D eigenvalue weighted by Gasteiger charge is -2.26. The average Bonchev–Trinajstić information content (AvgIpc) is 4.14. The third-order valence-electron chi connectivity index (χ3n) is 13.6. The normalized spacial score (nSPS) is 14.1. The molecule has 336 valence electrons. The van der Waals surface area contributed by atoms with E-state index < -0.39 is 0 Å². The first-order valence-electron chi connectivity index (χ1n) is 23.0. The minimum Gasteiger partial charge on any atom is -0.493 e. The molecular weight excluding hydrogens is 825 g/mol. The number of pyridine rings is 2. The fraction of sp³-hybridized carbons (Fsp3) is 0.259. The van der Waals surface area contributed by atoms with Crippen molar-refractivity contribution in [2.24, 2.45) is 25.9 Å². The number of imidazole rings is 2. The maximum Gasteiger partial charge on any atom is 0.274 e. The third-order valence-corrected chi connectivity index (χ3v) is 13.6. The molecule has 0 radical (unpaired) electrons. The van der Waals surface area contributed by atoms with Crippen LogP contribution in [-0.2, 0) is 27.2 Å². The SMILES string of the molecule is Cn1cc(-c2cc3c(cc2OCC2CCC2)ncn3Cc2ccccc2)c2cc[nH]c2c1=O.Cn1cc(-c2cc3ncn(Cc4ccccc4)c3cc2OCC2CCC2)c2cc[nH]c2c1=O.[HH].[HH]. The highest BCUT2D eigenvalue weighted by molar-refractivity contribution is 6.00. The Morgan fingerprint density at radius 2 is 1.03 bits per heavy atom. The zero-order chi connectivity index (χ0) is 44.7. The van der Waals surface area contributed by atoms with E-state index in [1.165, 1.54) is 49.7 Å². The number of hydrogen-bond acceptors (Lipinski definition) is 6. The van der Waals surface area contributed by atoms with E-state index in [2.05, 4.69) is 96.9 Å². The lowest BCUT2D eigenvalue weighted by molar-refractivity contribution is 0.181. The van der Waals surface area contributed by atoms with Crippen molar-refractivity contribution in [1.29, 1.82) is 0 Å². The summed E-state index contributed by atoms with van der Waals surface area (Å²) >= 11 is 0. The summed E-state index contributed by atoms with van der Waals surface area (Å²) in [6, 6.07) is 33.1. The minimum absolute atomic E-state index is 0. The van der Waals surface area contributed by atoms with Gasteiger partial charge in [-0.1, -0.05) is 73.5 Å². The molecule has 66 heavy (non-hydrogen) atoms. The lowest BCUT2D eigenvalue weighted by atomic mass is 9.86. The maximum absolute atomic E-state index is 12.6. The number of nitrogens with one attached hydrogen (secondary N) is 2. The molecule has 0 atom stereocenters. The number of aromatic nitrogens is 8. The molecule has 2 saturated carbocycles. The minimum atomic E-state index is -0.0381. The molecule has 0 unspecified atom stereocenters. The second-order valence-corrected chi connectivity index (χ2v) is 18.1. The molecule has 2 fully saturated rings. The van der Waals surface area contributed by atoms with Crippen LogP contribution in [0.3, 0.4) is 0 Å². The van der Waals surface area contributed by atoms with Crippen molar-refractivity contribution in [3.8, 4) is 33.8 Å². The number of benzene rings is 4. The van der Waals surface area contributed by atoms with Crippen LogP contribution in [0.1, 0.15) is 52.5 Å². The largest absolute Gasteiger partial charge is 0.493 e. The van der Waals surface area contributed by atoms with Gasteiger partial charge in [-0.05, 0) is 72.9 Å². The van der Waals surface area contributed by atoms with Gasteiger partial charge in [0.25, 0.3) is 11.1 Å². The van der Waals surface area contributed by atoms with Crippen LogP contribution in [0, 0.1) is 11.8 Å². The number of rotatable bonds is 12. The Bertz CT molecular complexity index is 3490. The van der Waals surface area contributed by atoms with Crippen LogP contribution in [0.5, 0.6) is 11.5 Å². The van der Waals surface area contributed by atoms with Gasteiger partial charge in [0.05, 0.1) is 47.9 Å². The lowest BCUT2D eigenvalue weighted by Crippen LogP contribution is -2.19. The highest BCUT2D eigenvalue weighted by Crippen LogP contribution is 2.40. The van der Waals surface area contributed by atoms with Crippen molar-refractivity contribution in [2.75, 3.05) is 13.2 Å². The van der Waals surface area contributed by atoms with E-state index in [1.54, 1.807) is 23.2 Å². The van der Waals surface area contributed by atoms with Crippen LogP contribution in [0.4, 0.5) is 0 Å². The molecule has 6 heterocycles. The second kappa shape index (κ2) is 17.4. The van der Waals surface area contributed by atoms with E-state index in [4.69, 9.17) is 14.5 Å². The number of aromatic amines is 2. The Labute approximate surface area is 384 Å². The quantitative estimate of drug-likeness (QED) is 0.126. The van der Waals surface area contributed by atoms with Crippen molar-refractivity contribution < 1.29 is 12.3 Å². The predicted octanol–water partition coefficient (Wildman–Crippen LogP) is 10.7. The molecule has 0 spiro atoms. The summed E-state index contributed by atoms with van der Waals surface area (Å²) < 4.78 is 20.4. The van der Waals surface area contributed by atoms with E-state index in [9.17, 15) is 9.59 Å². The summed E-state index contributed by atoms with van der Waals surface area (Å²) in [4.78, 5) is 40.8. The molecule has 0 amide bonds. The highest BCUT2D eigenvalue weighted by atomic mass is 16.5. The number of aryl methyl sites for hydroxylation is 2. The number of fused-ring (bicyclic) bond motifs is 4. The molecule has 0 bridgehead atoms. The van der Waals surface area contributed by atoms with Gasteiger partial charge in [0.1, 0.15) is 22.5 Å². The zero-order valence-electron chi connectivity index (χ0n) is 37.2. The fourth-order valence-electron chi connectivity index (χ4n) is 9.34. The maximum atomic E-state index is 12.6. The van der Waals surface area contributed by atoms with Crippen LogP contribution in [-0.4, -0.2) is 51.4 Å². The number of hydrogen-bond donors (Lipinski definition) is 2. The molecule has 12 rings (SSSR count). The van der Waals surface area contributed by atoms with E-state index >= 15 is 0 Å². The van der Waals surface area contributed by atoms with Gasteiger partial charge in [-0.3, -0.25) is 9.59 Å². The summed E-state index contributed by atoms with van der Waals surface area (Å²) in [6.07, 6.45) is 18.7. The highest BCUT2D eigenvalue weighted by Gasteiger charge is 2.23. The number of H-pyrrole nitrogens is 2. The molecule has 2 aliphatic carbocycles. The van der Waals surface area contributed by atoms with Gasteiger partial charge in [0.2, 0.25) is 0 Å². The molecule has 4 aromatic carbocycles. The van der Waals surface area contributed by atoms with E-state index in [0.717, 1.165) is 79.7 Å².